The van der Waals surface area contributed by atoms with Gasteiger partial charge in [-0.1, -0.05) is 0 Å². The van der Waals surface area contributed by atoms with E-state index >= 15 is 0 Å². The summed E-state index contributed by atoms with van der Waals surface area (Å²) in [6, 6.07) is 1.74. The molecule has 0 saturated carbocycles. The molecule has 1 aromatic rings. The highest BCUT2D eigenvalue weighted by Gasteiger charge is 2.34. The number of imide groups is 1. The van der Waals surface area contributed by atoms with Gasteiger partial charge >= 0.3 is 0 Å². The van der Waals surface area contributed by atoms with Crippen LogP contribution in [-0.2, 0) is 9.59 Å². The van der Waals surface area contributed by atoms with Crippen LogP contribution in [0.3, 0.4) is 0 Å². The second-order valence-corrected chi connectivity index (χ2v) is 5.35. The third-order valence-corrected chi connectivity index (χ3v) is 3.82. The Balaban J connectivity index is 1.81. The zero-order valence-corrected chi connectivity index (χ0v) is 12.8. The monoisotopic (exact) mass is 323 g/mol. The first-order chi connectivity index (χ1) is 11.1. The highest BCUT2D eigenvalue weighted by atomic mass is 16.5. The summed E-state index contributed by atoms with van der Waals surface area (Å²) in [4.78, 5) is 33.8. The largest absolute Gasteiger partial charge is 0.353 e. The first-order valence-corrected chi connectivity index (χ1v) is 7.45. The highest BCUT2D eigenvalue weighted by Crippen LogP contribution is 2.19. The van der Waals surface area contributed by atoms with E-state index in [1.807, 2.05) is 4.90 Å². The van der Waals surface area contributed by atoms with Crippen molar-refractivity contribution in [2.75, 3.05) is 37.6 Å². The van der Waals surface area contributed by atoms with Crippen molar-refractivity contribution in [2.45, 2.75) is 18.8 Å². The van der Waals surface area contributed by atoms with Gasteiger partial charge in [0.2, 0.25) is 24.7 Å². The van der Waals surface area contributed by atoms with Gasteiger partial charge in [-0.05, 0) is 12.5 Å². The molecule has 9 nitrogen and oxygen atoms in total. The molecule has 1 saturated heterocycles. The molecule has 9 heteroatoms. The number of amides is 2. The van der Waals surface area contributed by atoms with Gasteiger partial charge < -0.3 is 15.1 Å². The number of hydrogen-bond acceptors (Lipinski definition) is 8. The van der Waals surface area contributed by atoms with Crippen LogP contribution >= 0.6 is 0 Å². The second kappa shape index (κ2) is 7.95. The molecule has 1 aromatic heterocycles. The molecule has 0 unspecified atom stereocenters. The zero-order valence-electron chi connectivity index (χ0n) is 12.8. The number of nitrogens with zero attached hydrogens (tertiary/aromatic N) is 5. The van der Waals surface area contributed by atoms with Gasteiger partial charge in [0, 0.05) is 51.5 Å². The summed E-state index contributed by atoms with van der Waals surface area (Å²) in [5.74, 6) is -1.33. The van der Waals surface area contributed by atoms with E-state index < -0.39 is 5.91 Å². The van der Waals surface area contributed by atoms with Crippen LogP contribution in [0.25, 0.3) is 0 Å². The molecule has 2 rings (SSSR count). The Labute approximate surface area is 134 Å². The van der Waals surface area contributed by atoms with E-state index in [-0.39, 0.29) is 13.0 Å². The number of hydrogen-bond donors (Lipinski definition) is 2. The molecule has 1 aliphatic heterocycles. The fourth-order valence-corrected chi connectivity index (χ4v) is 2.51. The summed E-state index contributed by atoms with van der Waals surface area (Å²) in [5, 5.41) is 20.4. The van der Waals surface area contributed by atoms with Crippen molar-refractivity contribution in [1.82, 2.24) is 19.8 Å². The van der Waals surface area contributed by atoms with Crippen molar-refractivity contribution < 1.29 is 19.8 Å². The fourth-order valence-electron chi connectivity index (χ4n) is 2.51. The molecule has 126 valence electrons. The zero-order chi connectivity index (χ0) is 16.7. The SMILES string of the molecule is O=CN(C=O)CCCC(O)(O)N1CCN(c2ncccn2)CC1. The molecule has 0 aliphatic carbocycles. The minimum absolute atomic E-state index is 0.0486. The predicted molar refractivity (Wildman–Crippen MR) is 81.1 cm³/mol. The molecule has 2 amide bonds. The Bertz CT molecular complexity index is 497. The standard InChI is InChI=1S/C14H21N5O4/c20-11-17(12-21)6-1-3-14(22,23)19-9-7-18(8-10-19)13-15-4-2-5-16-13/h2,4-5,11-12,22-23H,1,3,6-10H2. The topological polar surface area (TPSA) is 110 Å². The maximum Gasteiger partial charge on any atom is 0.225 e. The molecule has 23 heavy (non-hydrogen) atoms. The van der Waals surface area contributed by atoms with Gasteiger partial charge in [0.05, 0.1) is 0 Å². The van der Waals surface area contributed by atoms with Crippen molar-refractivity contribution >= 4 is 18.8 Å². The summed E-state index contributed by atoms with van der Waals surface area (Å²) < 4.78 is 0. The maximum absolute atomic E-state index is 10.5. The van der Waals surface area contributed by atoms with E-state index in [0.717, 1.165) is 4.90 Å². The first-order valence-electron chi connectivity index (χ1n) is 7.45. The number of aromatic nitrogens is 2. The smallest absolute Gasteiger partial charge is 0.225 e. The number of anilines is 1. The van der Waals surface area contributed by atoms with E-state index in [2.05, 4.69) is 9.97 Å². The molecule has 0 bridgehead atoms. The average Bonchev–Trinajstić information content (AvgIpc) is 2.59. The minimum atomic E-state index is -1.96. The number of carbonyl (C=O) groups excluding carboxylic acids is 2. The molecular formula is C14H21N5O4. The molecule has 2 N–H and O–H groups in total. The summed E-state index contributed by atoms with van der Waals surface area (Å²) in [6.07, 6.45) is 4.54. The number of rotatable bonds is 8. The molecule has 1 aliphatic rings. The van der Waals surface area contributed by atoms with Crippen LogP contribution < -0.4 is 4.90 Å². The molecule has 1 fully saturated rings. The van der Waals surface area contributed by atoms with Crippen LogP contribution in [0.15, 0.2) is 18.5 Å². The lowest BCUT2D eigenvalue weighted by atomic mass is 10.2. The van der Waals surface area contributed by atoms with Crippen LogP contribution in [0.2, 0.25) is 0 Å². The average molecular weight is 323 g/mol. The molecule has 0 spiro atoms. The quantitative estimate of drug-likeness (QED) is 0.445. The predicted octanol–water partition coefficient (Wildman–Crippen LogP) is -1.37. The maximum atomic E-state index is 10.5. The molecular weight excluding hydrogens is 302 g/mol. The van der Waals surface area contributed by atoms with Crippen LogP contribution in [0.5, 0.6) is 0 Å². The fraction of sp³-hybridized carbons (Fsp3) is 0.571. The van der Waals surface area contributed by atoms with Crippen molar-refractivity contribution in [3.05, 3.63) is 18.5 Å². The van der Waals surface area contributed by atoms with Gasteiger partial charge in [-0.3, -0.25) is 14.5 Å². The Morgan fingerprint density at radius 2 is 1.74 bits per heavy atom. The van der Waals surface area contributed by atoms with Crippen molar-refractivity contribution in [3.8, 4) is 0 Å². The summed E-state index contributed by atoms with van der Waals surface area (Å²) in [7, 11) is 0. The van der Waals surface area contributed by atoms with E-state index in [1.165, 1.54) is 0 Å². The Hall–Kier alpha value is -2.10. The molecule has 0 aromatic carbocycles. The van der Waals surface area contributed by atoms with Gasteiger partial charge in [-0.15, -0.1) is 0 Å². The summed E-state index contributed by atoms with van der Waals surface area (Å²) in [6.45, 7) is 2.24. The van der Waals surface area contributed by atoms with E-state index in [9.17, 15) is 19.8 Å². The van der Waals surface area contributed by atoms with Crippen molar-refractivity contribution in [2.24, 2.45) is 0 Å². The third kappa shape index (κ3) is 4.68. The molecule has 0 atom stereocenters. The minimum Gasteiger partial charge on any atom is -0.353 e. The second-order valence-electron chi connectivity index (χ2n) is 5.35. The van der Waals surface area contributed by atoms with E-state index in [1.54, 1.807) is 23.4 Å². The summed E-state index contributed by atoms with van der Waals surface area (Å²) in [5.41, 5.74) is 0. The summed E-state index contributed by atoms with van der Waals surface area (Å²) >= 11 is 0. The number of aliphatic hydroxyl groups is 2. The lowest BCUT2D eigenvalue weighted by Crippen LogP contribution is -2.57. The Morgan fingerprint density at radius 1 is 1.13 bits per heavy atom. The normalized spacial score (nSPS) is 16.2. The van der Waals surface area contributed by atoms with Crippen molar-refractivity contribution in [3.63, 3.8) is 0 Å². The van der Waals surface area contributed by atoms with Gasteiger partial charge in [0.25, 0.3) is 0 Å². The first kappa shape index (κ1) is 17.3. The van der Waals surface area contributed by atoms with Crippen LogP contribution in [0.1, 0.15) is 12.8 Å². The van der Waals surface area contributed by atoms with Gasteiger partial charge in [-0.25, -0.2) is 14.9 Å². The Morgan fingerprint density at radius 3 is 2.30 bits per heavy atom. The van der Waals surface area contributed by atoms with Crippen LogP contribution in [0, 0.1) is 0 Å². The molecule has 0 radical (unpaired) electrons. The number of carbonyl (C=O) groups is 2. The lowest BCUT2D eigenvalue weighted by molar-refractivity contribution is -0.269. The van der Waals surface area contributed by atoms with Crippen LogP contribution in [0.4, 0.5) is 5.95 Å². The van der Waals surface area contributed by atoms with E-state index in [0.29, 0.717) is 51.4 Å². The lowest BCUT2D eigenvalue weighted by Gasteiger charge is -2.41. The highest BCUT2D eigenvalue weighted by molar-refractivity contribution is 5.68. The van der Waals surface area contributed by atoms with Gasteiger partial charge in [-0.2, -0.15) is 0 Å². The number of piperazine rings is 1. The Kier molecular flexibility index (Phi) is 5.97. The molecule has 2 heterocycles. The third-order valence-electron chi connectivity index (χ3n) is 3.82. The van der Waals surface area contributed by atoms with Gasteiger partial charge in [0.15, 0.2) is 0 Å². The van der Waals surface area contributed by atoms with Crippen molar-refractivity contribution in [1.29, 1.82) is 0 Å². The van der Waals surface area contributed by atoms with E-state index in [4.69, 9.17) is 0 Å². The van der Waals surface area contributed by atoms with Gasteiger partial charge in [0.1, 0.15) is 0 Å². The van der Waals surface area contributed by atoms with Crippen LogP contribution in [-0.4, -0.2) is 81.4 Å².